The van der Waals surface area contributed by atoms with Gasteiger partial charge in [-0.2, -0.15) is 0 Å². The van der Waals surface area contributed by atoms with Crippen molar-refractivity contribution in [3.63, 3.8) is 0 Å². The summed E-state index contributed by atoms with van der Waals surface area (Å²) in [4.78, 5) is 6.57. The first-order valence-corrected chi connectivity index (χ1v) is 5.90. The lowest BCUT2D eigenvalue weighted by molar-refractivity contribution is 0.103. The monoisotopic (exact) mass is 223 g/mol. The molecule has 0 unspecified atom stereocenters. The van der Waals surface area contributed by atoms with Crippen LogP contribution in [0.25, 0.3) is 0 Å². The number of nitrogens with zero attached hydrogens (tertiary/aromatic N) is 4. The molecule has 0 amide bonds. The van der Waals surface area contributed by atoms with E-state index >= 15 is 0 Å². The van der Waals surface area contributed by atoms with Crippen molar-refractivity contribution in [1.82, 2.24) is 24.9 Å². The summed E-state index contributed by atoms with van der Waals surface area (Å²) in [5, 5.41) is 2.31. The third-order valence-electron chi connectivity index (χ3n) is 3.12. The molecule has 0 saturated carbocycles. The number of aromatic nitrogens is 2. The van der Waals surface area contributed by atoms with Crippen LogP contribution in [0.3, 0.4) is 0 Å². The zero-order valence-electron chi connectivity index (χ0n) is 10.2. The molecule has 0 aliphatic carbocycles. The van der Waals surface area contributed by atoms with E-state index in [1.807, 2.05) is 19.3 Å². The van der Waals surface area contributed by atoms with Gasteiger partial charge >= 0.3 is 0 Å². The van der Waals surface area contributed by atoms with Crippen LogP contribution in [0.5, 0.6) is 0 Å². The van der Waals surface area contributed by atoms with Gasteiger partial charge < -0.3 is 9.47 Å². The summed E-state index contributed by atoms with van der Waals surface area (Å²) in [6, 6.07) is 0. The quantitative estimate of drug-likeness (QED) is 0.776. The molecule has 5 nitrogen and oxygen atoms in total. The lowest BCUT2D eigenvalue weighted by Gasteiger charge is -2.32. The van der Waals surface area contributed by atoms with E-state index in [9.17, 15) is 0 Å². The highest BCUT2D eigenvalue weighted by Crippen LogP contribution is 1.96. The van der Waals surface area contributed by atoms with Gasteiger partial charge in [-0.15, -0.1) is 0 Å². The van der Waals surface area contributed by atoms with E-state index in [0.29, 0.717) is 0 Å². The average molecular weight is 223 g/mol. The number of nitrogens with one attached hydrogen (secondary N) is 1. The molecule has 2 rings (SSSR count). The third kappa shape index (κ3) is 3.04. The van der Waals surface area contributed by atoms with Gasteiger partial charge in [0.1, 0.15) is 5.82 Å². The minimum atomic E-state index is 0.973. The Labute approximate surface area is 97.0 Å². The number of likely N-dealkylation sites (N-methyl/N-ethyl adjacent to an activating group) is 1. The molecule has 1 aromatic heterocycles. The van der Waals surface area contributed by atoms with Gasteiger partial charge in [0.25, 0.3) is 0 Å². The predicted octanol–water partition coefficient (Wildman–Crippen LogP) is -0.0565. The second-order valence-electron chi connectivity index (χ2n) is 4.37. The number of aryl methyl sites for hydroxylation is 1. The number of hydrogen-bond donors (Lipinski definition) is 1. The number of hydrogen-bond acceptors (Lipinski definition) is 4. The van der Waals surface area contributed by atoms with Crippen LogP contribution in [-0.2, 0) is 6.54 Å². The second kappa shape index (κ2) is 5.43. The molecule has 0 spiro atoms. The van der Waals surface area contributed by atoms with Crippen LogP contribution in [0.2, 0.25) is 0 Å². The van der Waals surface area contributed by atoms with Crippen LogP contribution in [0.4, 0.5) is 0 Å². The molecule has 1 aliphatic rings. The maximum absolute atomic E-state index is 4.21. The standard InChI is InChI=1S/C11H21N5/c1-11-12-3-5-15(11)6-4-13-16-9-7-14(2)8-10-16/h3,5,13H,4,6-10H2,1-2H3. The van der Waals surface area contributed by atoms with Gasteiger partial charge in [0.05, 0.1) is 0 Å². The van der Waals surface area contributed by atoms with Crippen molar-refractivity contribution in [3.8, 4) is 0 Å². The zero-order chi connectivity index (χ0) is 11.4. The molecular formula is C11H21N5. The van der Waals surface area contributed by atoms with Gasteiger partial charge in [0.2, 0.25) is 0 Å². The molecule has 1 aliphatic heterocycles. The summed E-state index contributed by atoms with van der Waals surface area (Å²) in [6.07, 6.45) is 3.88. The normalized spacial score (nSPS) is 19.1. The Morgan fingerprint density at radius 3 is 2.69 bits per heavy atom. The summed E-state index contributed by atoms with van der Waals surface area (Å²) in [7, 11) is 2.17. The van der Waals surface area contributed by atoms with E-state index in [2.05, 4.69) is 31.9 Å². The van der Waals surface area contributed by atoms with Gasteiger partial charge in [-0.25, -0.2) is 9.99 Å². The minimum Gasteiger partial charge on any atom is -0.334 e. The number of piperazine rings is 1. The van der Waals surface area contributed by atoms with Crippen molar-refractivity contribution < 1.29 is 0 Å². The fraction of sp³-hybridized carbons (Fsp3) is 0.727. The molecule has 16 heavy (non-hydrogen) atoms. The van der Waals surface area contributed by atoms with Crippen LogP contribution in [0, 0.1) is 6.92 Å². The first-order chi connectivity index (χ1) is 7.75. The summed E-state index contributed by atoms with van der Waals surface area (Å²) in [6.45, 7) is 8.52. The largest absolute Gasteiger partial charge is 0.334 e. The smallest absolute Gasteiger partial charge is 0.105 e. The summed E-state index contributed by atoms with van der Waals surface area (Å²) >= 11 is 0. The Morgan fingerprint density at radius 1 is 1.31 bits per heavy atom. The zero-order valence-corrected chi connectivity index (χ0v) is 10.2. The molecule has 2 heterocycles. The molecule has 1 saturated heterocycles. The second-order valence-corrected chi connectivity index (χ2v) is 4.37. The van der Waals surface area contributed by atoms with Gasteiger partial charge in [0, 0.05) is 51.7 Å². The first kappa shape index (κ1) is 11.6. The number of imidazole rings is 1. The van der Waals surface area contributed by atoms with Crippen LogP contribution < -0.4 is 5.43 Å². The molecule has 90 valence electrons. The van der Waals surface area contributed by atoms with Gasteiger partial charge in [-0.1, -0.05) is 0 Å². The fourth-order valence-electron chi connectivity index (χ4n) is 1.93. The van der Waals surface area contributed by atoms with Gasteiger partial charge in [-0.3, -0.25) is 5.43 Å². The van der Waals surface area contributed by atoms with Crippen LogP contribution in [-0.4, -0.2) is 59.2 Å². The van der Waals surface area contributed by atoms with Gasteiger partial charge in [0.15, 0.2) is 0 Å². The highest BCUT2D eigenvalue weighted by molar-refractivity contribution is 4.88. The van der Waals surface area contributed by atoms with Crippen molar-refractivity contribution in [2.75, 3.05) is 39.8 Å². The Balaban J connectivity index is 1.67. The fourth-order valence-corrected chi connectivity index (χ4v) is 1.93. The van der Waals surface area contributed by atoms with Crippen molar-refractivity contribution in [3.05, 3.63) is 18.2 Å². The SMILES string of the molecule is Cc1nccn1CCNN1CCN(C)CC1. The molecule has 5 heteroatoms. The maximum atomic E-state index is 4.21. The third-order valence-corrected chi connectivity index (χ3v) is 3.12. The highest BCUT2D eigenvalue weighted by Gasteiger charge is 2.12. The molecule has 1 fully saturated rings. The van der Waals surface area contributed by atoms with Crippen molar-refractivity contribution in [2.24, 2.45) is 0 Å². The minimum absolute atomic E-state index is 0.973. The Bertz CT molecular complexity index is 314. The number of hydrazine groups is 1. The Hall–Kier alpha value is -0.910. The van der Waals surface area contributed by atoms with E-state index in [4.69, 9.17) is 0 Å². The molecule has 0 bridgehead atoms. The Kier molecular flexibility index (Phi) is 3.93. The van der Waals surface area contributed by atoms with E-state index < -0.39 is 0 Å². The molecule has 1 aromatic rings. The van der Waals surface area contributed by atoms with E-state index in [-0.39, 0.29) is 0 Å². The molecule has 0 radical (unpaired) electrons. The maximum Gasteiger partial charge on any atom is 0.105 e. The van der Waals surface area contributed by atoms with E-state index in [0.717, 1.165) is 45.1 Å². The predicted molar refractivity (Wildman–Crippen MR) is 64.0 cm³/mol. The van der Waals surface area contributed by atoms with Crippen LogP contribution >= 0.6 is 0 Å². The average Bonchev–Trinajstić information content (AvgIpc) is 2.68. The topological polar surface area (TPSA) is 36.3 Å². The summed E-state index contributed by atoms with van der Waals surface area (Å²) in [5.41, 5.74) is 3.47. The molecule has 1 N–H and O–H groups in total. The Morgan fingerprint density at radius 2 is 2.06 bits per heavy atom. The first-order valence-electron chi connectivity index (χ1n) is 5.90. The molecular weight excluding hydrogens is 202 g/mol. The van der Waals surface area contributed by atoms with E-state index in [1.165, 1.54) is 0 Å². The van der Waals surface area contributed by atoms with Gasteiger partial charge in [-0.05, 0) is 14.0 Å². The van der Waals surface area contributed by atoms with Crippen LogP contribution in [0.15, 0.2) is 12.4 Å². The summed E-state index contributed by atoms with van der Waals surface area (Å²) in [5.74, 6) is 1.08. The highest BCUT2D eigenvalue weighted by atomic mass is 15.5. The van der Waals surface area contributed by atoms with Crippen molar-refractivity contribution in [2.45, 2.75) is 13.5 Å². The lowest BCUT2D eigenvalue weighted by atomic mass is 10.4. The lowest BCUT2D eigenvalue weighted by Crippen LogP contribution is -2.51. The van der Waals surface area contributed by atoms with Crippen molar-refractivity contribution in [1.29, 1.82) is 0 Å². The summed E-state index contributed by atoms with van der Waals surface area (Å²) < 4.78 is 2.17. The molecule has 0 atom stereocenters. The van der Waals surface area contributed by atoms with E-state index in [1.54, 1.807) is 0 Å². The molecule has 0 aromatic carbocycles. The van der Waals surface area contributed by atoms with Crippen LogP contribution in [0.1, 0.15) is 5.82 Å². The number of rotatable bonds is 4. The van der Waals surface area contributed by atoms with Crippen molar-refractivity contribution >= 4 is 0 Å².